The van der Waals surface area contributed by atoms with Crippen molar-refractivity contribution in [2.75, 3.05) is 46.3 Å². The highest BCUT2D eigenvalue weighted by Gasteiger charge is 2.21. The third-order valence-corrected chi connectivity index (χ3v) is 6.48. The molecule has 4 rings (SSSR count). The zero-order valence-electron chi connectivity index (χ0n) is 22.8. The van der Waals surface area contributed by atoms with Crippen molar-refractivity contribution in [3.8, 4) is 28.4 Å². The highest BCUT2D eigenvalue weighted by molar-refractivity contribution is 6.30. The Balaban J connectivity index is 1.65. The zero-order valence-corrected chi connectivity index (χ0v) is 23.6. The molecule has 0 saturated heterocycles. The van der Waals surface area contributed by atoms with Crippen LogP contribution >= 0.6 is 11.6 Å². The summed E-state index contributed by atoms with van der Waals surface area (Å²) in [6.45, 7) is 2.29. The highest BCUT2D eigenvalue weighted by atomic mass is 35.5. The second-order valence-corrected chi connectivity index (χ2v) is 9.44. The van der Waals surface area contributed by atoms with E-state index in [-0.39, 0.29) is 31.6 Å². The van der Waals surface area contributed by atoms with Gasteiger partial charge in [0.2, 0.25) is 11.9 Å². The number of nitrogens with zero attached hydrogens (tertiary/aromatic N) is 3. The molecule has 1 N–H and O–H groups in total. The summed E-state index contributed by atoms with van der Waals surface area (Å²) in [6.07, 6.45) is 1.81. The Labute approximate surface area is 238 Å². The van der Waals surface area contributed by atoms with Gasteiger partial charge in [-0.1, -0.05) is 41.4 Å². The summed E-state index contributed by atoms with van der Waals surface area (Å²) in [5.41, 5.74) is 3.65. The maximum absolute atomic E-state index is 13.3. The number of imidazole rings is 1. The Morgan fingerprint density at radius 3 is 2.30 bits per heavy atom. The van der Waals surface area contributed by atoms with Crippen LogP contribution in [0.5, 0.6) is 11.5 Å². The molecule has 0 bridgehead atoms. The highest BCUT2D eigenvalue weighted by Crippen LogP contribution is 2.32. The lowest BCUT2D eigenvalue weighted by atomic mass is 10.1. The van der Waals surface area contributed by atoms with Gasteiger partial charge in [0.05, 0.1) is 32.2 Å². The van der Waals surface area contributed by atoms with Crippen LogP contribution in [0.15, 0.2) is 72.9 Å². The molecule has 0 radical (unpaired) electrons. The Morgan fingerprint density at radius 2 is 1.65 bits per heavy atom. The predicted molar refractivity (Wildman–Crippen MR) is 155 cm³/mol. The van der Waals surface area contributed by atoms with Gasteiger partial charge >= 0.3 is 0 Å². The fourth-order valence-electron chi connectivity index (χ4n) is 4.07. The summed E-state index contributed by atoms with van der Waals surface area (Å²) < 4.78 is 17.8. The number of halogens is 1. The standard InChI is InChI=1S/C30H31ClN4O5/c1-20-5-7-22(8-6-20)29(37)34(15-16-38-2)19-28(36)33-30-32-25(21-9-11-23(31)12-10-21)18-35(30)24-13-14-26(39-3)27(17-24)40-4/h5-14,17-18H,15-16,19H2,1-4H3,(H,32,33,36). The monoisotopic (exact) mass is 562 g/mol. The maximum atomic E-state index is 13.3. The van der Waals surface area contributed by atoms with Crippen LogP contribution < -0.4 is 14.8 Å². The molecular formula is C30H31ClN4O5. The molecule has 9 nitrogen and oxygen atoms in total. The van der Waals surface area contributed by atoms with Gasteiger partial charge < -0.3 is 19.1 Å². The van der Waals surface area contributed by atoms with Crippen LogP contribution in [-0.4, -0.2) is 67.3 Å². The minimum atomic E-state index is -0.411. The molecule has 0 aliphatic rings. The molecule has 10 heteroatoms. The minimum absolute atomic E-state index is 0.189. The molecule has 0 fully saturated rings. The predicted octanol–water partition coefficient (Wildman–Crippen LogP) is 5.25. The molecule has 1 aromatic heterocycles. The van der Waals surface area contributed by atoms with Crippen molar-refractivity contribution in [3.63, 3.8) is 0 Å². The van der Waals surface area contributed by atoms with Crippen molar-refractivity contribution in [1.82, 2.24) is 14.5 Å². The van der Waals surface area contributed by atoms with E-state index in [0.717, 1.165) is 11.1 Å². The quantitative estimate of drug-likeness (QED) is 0.268. The lowest BCUT2D eigenvalue weighted by Crippen LogP contribution is -2.40. The number of carbonyl (C=O) groups is 2. The Hall–Kier alpha value is -4.34. The number of rotatable bonds is 11. The molecule has 0 aliphatic carbocycles. The van der Waals surface area contributed by atoms with Crippen molar-refractivity contribution in [2.45, 2.75) is 6.92 Å². The number of amides is 2. The molecule has 208 valence electrons. The van der Waals surface area contributed by atoms with Gasteiger partial charge in [0.15, 0.2) is 11.5 Å². The second kappa shape index (κ2) is 13.1. The molecule has 0 unspecified atom stereocenters. The van der Waals surface area contributed by atoms with E-state index < -0.39 is 5.91 Å². The van der Waals surface area contributed by atoms with Gasteiger partial charge in [-0.3, -0.25) is 19.5 Å². The van der Waals surface area contributed by atoms with Crippen LogP contribution in [0.4, 0.5) is 5.95 Å². The van der Waals surface area contributed by atoms with Gasteiger partial charge in [-0.2, -0.15) is 0 Å². The fraction of sp³-hybridized carbons (Fsp3) is 0.233. The molecule has 0 spiro atoms. The van der Waals surface area contributed by atoms with Gasteiger partial charge in [-0.25, -0.2) is 4.98 Å². The average Bonchev–Trinajstić information content (AvgIpc) is 3.38. The summed E-state index contributed by atoms with van der Waals surface area (Å²) in [7, 11) is 4.66. The van der Waals surface area contributed by atoms with Gasteiger partial charge in [-0.15, -0.1) is 0 Å². The maximum Gasteiger partial charge on any atom is 0.254 e. The Bertz CT molecular complexity index is 1470. The molecule has 40 heavy (non-hydrogen) atoms. The van der Waals surface area contributed by atoms with Crippen molar-refractivity contribution in [3.05, 3.63) is 89.1 Å². The molecule has 2 amide bonds. The van der Waals surface area contributed by atoms with E-state index in [1.54, 1.807) is 68.5 Å². The number of nitrogens with one attached hydrogen (secondary N) is 1. The van der Waals surface area contributed by atoms with Crippen LogP contribution in [0, 0.1) is 6.92 Å². The van der Waals surface area contributed by atoms with Crippen LogP contribution in [0.3, 0.4) is 0 Å². The lowest BCUT2D eigenvalue weighted by molar-refractivity contribution is -0.117. The number of carbonyl (C=O) groups excluding carboxylic acids is 2. The summed E-state index contributed by atoms with van der Waals surface area (Å²) in [5.74, 6) is 0.687. The molecule has 3 aromatic carbocycles. The SMILES string of the molecule is COCCN(CC(=O)Nc1nc(-c2ccc(Cl)cc2)cn1-c1ccc(OC)c(OC)c1)C(=O)c1ccc(C)cc1. The molecule has 0 atom stereocenters. The lowest BCUT2D eigenvalue weighted by Gasteiger charge is -2.22. The summed E-state index contributed by atoms with van der Waals surface area (Å²) in [4.78, 5) is 32.7. The number of methoxy groups -OCH3 is 3. The van der Waals surface area contributed by atoms with E-state index in [1.165, 1.54) is 4.90 Å². The van der Waals surface area contributed by atoms with E-state index >= 15 is 0 Å². The minimum Gasteiger partial charge on any atom is -0.493 e. The van der Waals surface area contributed by atoms with Crippen molar-refractivity contribution in [1.29, 1.82) is 0 Å². The first-order chi connectivity index (χ1) is 19.3. The zero-order chi connectivity index (χ0) is 28.6. The molecular weight excluding hydrogens is 532 g/mol. The smallest absolute Gasteiger partial charge is 0.254 e. The van der Waals surface area contributed by atoms with E-state index in [2.05, 4.69) is 5.32 Å². The van der Waals surface area contributed by atoms with Crippen molar-refractivity contribution < 1.29 is 23.8 Å². The summed E-state index contributed by atoms with van der Waals surface area (Å²) in [6, 6.07) is 19.8. The Kier molecular flexibility index (Phi) is 9.42. The first kappa shape index (κ1) is 28.7. The van der Waals surface area contributed by atoms with E-state index in [4.69, 9.17) is 30.8 Å². The molecule has 4 aromatic rings. The van der Waals surface area contributed by atoms with E-state index in [9.17, 15) is 9.59 Å². The average molecular weight is 563 g/mol. The topological polar surface area (TPSA) is 94.9 Å². The number of hydrogen-bond donors (Lipinski definition) is 1. The third kappa shape index (κ3) is 6.80. The molecule has 1 heterocycles. The van der Waals surface area contributed by atoms with E-state index in [0.29, 0.717) is 33.5 Å². The number of ether oxygens (including phenoxy) is 3. The second-order valence-electron chi connectivity index (χ2n) is 9.00. The number of aromatic nitrogens is 2. The summed E-state index contributed by atoms with van der Waals surface area (Å²) in [5, 5.41) is 3.48. The summed E-state index contributed by atoms with van der Waals surface area (Å²) >= 11 is 6.07. The van der Waals surface area contributed by atoms with Crippen LogP contribution in [0.2, 0.25) is 5.02 Å². The van der Waals surface area contributed by atoms with Crippen molar-refractivity contribution >= 4 is 29.4 Å². The fourth-order valence-corrected chi connectivity index (χ4v) is 4.20. The number of benzene rings is 3. The molecule has 0 aliphatic heterocycles. The van der Waals surface area contributed by atoms with Crippen LogP contribution in [0.25, 0.3) is 16.9 Å². The van der Waals surface area contributed by atoms with E-state index in [1.807, 2.05) is 37.3 Å². The van der Waals surface area contributed by atoms with Gasteiger partial charge in [0.25, 0.3) is 5.91 Å². The third-order valence-electron chi connectivity index (χ3n) is 6.23. The first-order valence-electron chi connectivity index (χ1n) is 12.6. The normalized spacial score (nSPS) is 10.7. The van der Waals surface area contributed by atoms with Crippen LogP contribution in [0.1, 0.15) is 15.9 Å². The molecule has 0 saturated carbocycles. The van der Waals surface area contributed by atoms with Gasteiger partial charge in [0.1, 0.15) is 6.54 Å². The largest absolute Gasteiger partial charge is 0.493 e. The number of aryl methyl sites for hydroxylation is 1. The van der Waals surface area contributed by atoms with Crippen molar-refractivity contribution in [2.24, 2.45) is 0 Å². The number of anilines is 1. The Morgan fingerprint density at radius 1 is 0.950 bits per heavy atom. The van der Waals surface area contributed by atoms with Gasteiger partial charge in [-0.05, 0) is 43.3 Å². The number of hydrogen-bond acceptors (Lipinski definition) is 6. The first-order valence-corrected chi connectivity index (χ1v) is 12.9. The van der Waals surface area contributed by atoms with Crippen LogP contribution in [-0.2, 0) is 9.53 Å². The van der Waals surface area contributed by atoms with Gasteiger partial charge in [0, 0.05) is 42.1 Å².